The molecule has 142 valence electrons. The van der Waals surface area contributed by atoms with E-state index < -0.39 is 5.97 Å². The van der Waals surface area contributed by atoms with Crippen LogP contribution in [0.4, 0.5) is 0 Å². The molecule has 2 aromatic carbocycles. The smallest absolute Gasteiger partial charge is 0.341 e. The molecule has 0 aromatic heterocycles. The quantitative estimate of drug-likeness (QED) is 0.816. The Balaban J connectivity index is 1.55. The van der Waals surface area contributed by atoms with E-state index in [0.717, 1.165) is 24.0 Å². The molecule has 5 nitrogen and oxygen atoms in total. The molecule has 0 saturated heterocycles. The number of aryl methyl sites for hydroxylation is 2. The van der Waals surface area contributed by atoms with E-state index in [4.69, 9.17) is 9.84 Å². The number of hydrogen-bond acceptors (Lipinski definition) is 3. The highest BCUT2D eigenvalue weighted by molar-refractivity contribution is 5.78. The first kappa shape index (κ1) is 19.0. The van der Waals surface area contributed by atoms with Crippen LogP contribution in [0.15, 0.2) is 42.5 Å². The molecule has 1 N–H and O–H groups in total. The lowest BCUT2D eigenvalue weighted by atomic mass is 9.90. The molecule has 0 unspecified atom stereocenters. The second kappa shape index (κ2) is 8.71. The van der Waals surface area contributed by atoms with Gasteiger partial charge in [0, 0.05) is 13.6 Å². The summed E-state index contributed by atoms with van der Waals surface area (Å²) in [5.74, 6) is -0.423. The van der Waals surface area contributed by atoms with Gasteiger partial charge in [-0.1, -0.05) is 30.3 Å². The summed E-state index contributed by atoms with van der Waals surface area (Å²) in [5, 5.41) is 8.63. The van der Waals surface area contributed by atoms with Crippen LogP contribution in [-0.2, 0) is 35.4 Å². The van der Waals surface area contributed by atoms with Crippen molar-refractivity contribution in [2.24, 2.45) is 0 Å². The van der Waals surface area contributed by atoms with Crippen molar-refractivity contribution in [3.8, 4) is 5.75 Å². The monoisotopic (exact) mass is 367 g/mol. The van der Waals surface area contributed by atoms with Crippen LogP contribution in [0.25, 0.3) is 0 Å². The van der Waals surface area contributed by atoms with Crippen LogP contribution in [0.5, 0.6) is 5.75 Å². The number of carbonyl (C=O) groups excluding carboxylic acids is 1. The molecular formula is C22H25NO4. The van der Waals surface area contributed by atoms with E-state index >= 15 is 0 Å². The SMILES string of the molecule is CN(Cc1ccc(OCC(=O)O)cc1)C(=O)Cc1ccc2c(c1)CCCC2. The van der Waals surface area contributed by atoms with Crippen LogP contribution >= 0.6 is 0 Å². The first-order chi connectivity index (χ1) is 13.0. The molecule has 1 aliphatic carbocycles. The molecule has 0 bridgehead atoms. The third kappa shape index (κ3) is 5.33. The topological polar surface area (TPSA) is 66.8 Å². The highest BCUT2D eigenvalue weighted by Gasteiger charge is 2.14. The molecule has 1 aliphatic rings. The molecule has 0 heterocycles. The molecule has 0 saturated carbocycles. The summed E-state index contributed by atoms with van der Waals surface area (Å²) in [7, 11) is 1.80. The Morgan fingerprint density at radius 3 is 2.37 bits per heavy atom. The second-order valence-corrected chi connectivity index (χ2v) is 7.06. The summed E-state index contributed by atoms with van der Waals surface area (Å²) < 4.78 is 5.12. The van der Waals surface area contributed by atoms with E-state index in [9.17, 15) is 9.59 Å². The van der Waals surface area contributed by atoms with Gasteiger partial charge in [-0.2, -0.15) is 0 Å². The number of carboxylic acids is 1. The zero-order chi connectivity index (χ0) is 19.2. The minimum Gasteiger partial charge on any atom is -0.482 e. The average Bonchev–Trinajstić information content (AvgIpc) is 2.67. The largest absolute Gasteiger partial charge is 0.482 e. The van der Waals surface area contributed by atoms with Crippen LogP contribution in [0, 0.1) is 0 Å². The summed E-state index contributed by atoms with van der Waals surface area (Å²) in [5.41, 5.74) is 4.87. The maximum atomic E-state index is 12.6. The second-order valence-electron chi connectivity index (χ2n) is 7.06. The van der Waals surface area contributed by atoms with Gasteiger partial charge in [0.15, 0.2) is 6.61 Å². The van der Waals surface area contributed by atoms with Gasteiger partial charge < -0.3 is 14.7 Å². The predicted molar refractivity (Wildman–Crippen MR) is 103 cm³/mol. The fraction of sp³-hybridized carbons (Fsp3) is 0.364. The van der Waals surface area contributed by atoms with Crippen LogP contribution in [0.1, 0.15) is 35.1 Å². The minimum absolute atomic E-state index is 0.0805. The van der Waals surface area contributed by atoms with Crippen LogP contribution in [0.3, 0.4) is 0 Å². The van der Waals surface area contributed by atoms with Gasteiger partial charge in [-0.25, -0.2) is 4.79 Å². The number of carboxylic acid groups (broad SMARTS) is 1. The van der Waals surface area contributed by atoms with E-state index in [1.165, 1.54) is 24.0 Å². The van der Waals surface area contributed by atoms with E-state index in [1.54, 1.807) is 24.1 Å². The number of nitrogens with zero attached hydrogens (tertiary/aromatic N) is 1. The molecule has 3 rings (SSSR count). The molecule has 0 aliphatic heterocycles. The van der Waals surface area contributed by atoms with Crippen molar-refractivity contribution in [1.29, 1.82) is 0 Å². The maximum absolute atomic E-state index is 12.6. The molecule has 0 radical (unpaired) electrons. The summed E-state index contributed by atoms with van der Waals surface area (Å²) in [4.78, 5) is 24.8. The third-order valence-corrected chi connectivity index (χ3v) is 4.90. The number of hydrogen-bond donors (Lipinski definition) is 1. The minimum atomic E-state index is -1.01. The van der Waals surface area contributed by atoms with Crippen LogP contribution < -0.4 is 4.74 Å². The number of likely N-dealkylation sites (N-methyl/N-ethyl adjacent to an activating group) is 1. The number of aliphatic carboxylic acids is 1. The number of fused-ring (bicyclic) bond motifs is 1. The summed E-state index contributed by atoms with van der Waals surface area (Å²) >= 11 is 0. The Labute approximate surface area is 159 Å². The highest BCUT2D eigenvalue weighted by atomic mass is 16.5. The zero-order valence-electron chi connectivity index (χ0n) is 15.6. The fourth-order valence-electron chi connectivity index (χ4n) is 3.40. The van der Waals surface area contributed by atoms with Crippen molar-refractivity contribution in [2.75, 3.05) is 13.7 Å². The average molecular weight is 367 g/mol. The molecule has 5 heteroatoms. The van der Waals surface area contributed by atoms with Gasteiger partial charge in [0.2, 0.25) is 5.91 Å². The number of rotatable bonds is 7. The number of carbonyl (C=O) groups is 2. The first-order valence-corrected chi connectivity index (χ1v) is 9.29. The van der Waals surface area contributed by atoms with Gasteiger partial charge in [-0.05, 0) is 60.1 Å². The van der Waals surface area contributed by atoms with Crippen molar-refractivity contribution in [3.63, 3.8) is 0 Å². The Hall–Kier alpha value is -2.82. The van der Waals surface area contributed by atoms with E-state index in [0.29, 0.717) is 18.7 Å². The molecular weight excluding hydrogens is 342 g/mol. The van der Waals surface area contributed by atoms with Crippen LogP contribution in [-0.4, -0.2) is 35.5 Å². The van der Waals surface area contributed by atoms with E-state index in [2.05, 4.69) is 18.2 Å². The lowest BCUT2D eigenvalue weighted by Crippen LogP contribution is -2.27. The van der Waals surface area contributed by atoms with Gasteiger partial charge in [0.25, 0.3) is 0 Å². The van der Waals surface area contributed by atoms with Gasteiger partial charge in [-0.15, -0.1) is 0 Å². The molecule has 0 fully saturated rings. The zero-order valence-corrected chi connectivity index (χ0v) is 15.6. The van der Waals surface area contributed by atoms with Crippen LogP contribution in [0.2, 0.25) is 0 Å². The van der Waals surface area contributed by atoms with Gasteiger partial charge >= 0.3 is 5.97 Å². The van der Waals surface area contributed by atoms with Crippen molar-refractivity contribution in [1.82, 2.24) is 4.90 Å². The molecule has 1 amide bonds. The standard InChI is InChI=1S/C22H25NO4/c1-23(14-16-7-10-20(11-8-16)27-15-22(25)26)21(24)13-17-6-9-18-4-2-3-5-19(18)12-17/h6-12H,2-5,13-15H2,1H3,(H,25,26). The molecule has 2 aromatic rings. The lowest BCUT2D eigenvalue weighted by molar-refractivity contribution is -0.139. The highest BCUT2D eigenvalue weighted by Crippen LogP contribution is 2.22. The first-order valence-electron chi connectivity index (χ1n) is 9.29. The Morgan fingerprint density at radius 2 is 1.67 bits per heavy atom. The predicted octanol–water partition coefficient (Wildman–Crippen LogP) is 3.23. The normalized spacial score (nSPS) is 12.9. The van der Waals surface area contributed by atoms with E-state index in [1.807, 2.05) is 12.1 Å². The van der Waals surface area contributed by atoms with Crippen molar-refractivity contribution < 1.29 is 19.4 Å². The molecule has 0 spiro atoms. The van der Waals surface area contributed by atoms with E-state index in [-0.39, 0.29) is 12.5 Å². The molecule has 0 atom stereocenters. The maximum Gasteiger partial charge on any atom is 0.341 e. The Bertz CT molecular complexity index is 814. The summed E-state index contributed by atoms with van der Waals surface area (Å²) in [6.45, 7) is 0.140. The Morgan fingerprint density at radius 1 is 1.00 bits per heavy atom. The number of amides is 1. The van der Waals surface area contributed by atoms with Crippen molar-refractivity contribution >= 4 is 11.9 Å². The molecule has 27 heavy (non-hydrogen) atoms. The van der Waals surface area contributed by atoms with Gasteiger partial charge in [0.05, 0.1) is 6.42 Å². The van der Waals surface area contributed by atoms with Crippen molar-refractivity contribution in [2.45, 2.75) is 38.6 Å². The summed E-state index contributed by atoms with van der Waals surface area (Å²) in [6, 6.07) is 13.6. The lowest BCUT2D eigenvalue weighted by Gasteiger charge is -2.19. The van der Waals surface area contributed by atoms with Gasteiger partial charge in [-0.3, -0.25) is 4.79 Å². The Kier molecular flexibility index (Phi) is 6.12. The fourth-order valence-corrected chi connectivity index (χ4v) is 3.40. The third-order valence-electron chi connectivity index (χ3n) is 4.90. The van der Waals surface area contributed by atoms with Crippen molar-refractivity contribution in [3.05, 3.63) is 64.7 Å². The number of benzene rings is 2. The summed E-state index contributed by atoms with van der Waals surface area (Å²) in [6.07, 6.45) is 5.16. The van der Waals surface area contributed by atoms with Gasteiger partial charge in [0.1, 0.15) is 5.75 Å². The number of ether oxygens (including phenoxy) is 1.